The van der Waals surface area contributed by atoms with Crippen LogP contribution in [-0.4, -0.2) is 6.71 Å². The van der Waals surface area contributed by atoms with Crippen LogP contribution in [0.15, 0.2) is 48.5 Å². The smallest absolute Gasteiger partial charge is 0.0843 e. The van der Waals surface area contributed by atoms with Crippen LogP contribution in [0.5, 0.6) is 0 Å². The van der Waals surface area contributed by atoms with E-state index in [1.165, 1.54) is 33.1 Å². The average Bonchev–Trinajstić information content (AvgIpc) is 2.87. The SMILES string of the molecule is CC(C)(C)c1cc(C(C)(C)C)c(B2c3ccc(Cl)cc3C=Cc3cc(Cl)ccc32)c(C(C)(C)C)c1. The van der Waals surface area contributed by atoms with Crippen LogP contribution in [0.1, 0.15) is 90.1 Å². The van der Waals surface area contributed by atoms with E-state index in [1.54, 1.807) is 0 Å². The summed E-state index contributed by atoms with van der Waals surface area (Å²) in [5.74, 6) is 0. The summed E-state index contributed by atoms with van der Waals surface area (Å²) in [6.07, 6.45) is 4.38. The van der Waals surface area contributed by atoms with E-state index >= 15 is 0 Å². The summed E-state index contributed by atoms with van der Waals surface area (Å²) in [6, 6.07) is 17.6. The van der Waals surface area contributed by atoms with Gasteiger partial charge < -0.3 is 0 Å². The predicted molar refractivity (Wildman–Crippen MR) is 159 cm³/mol. The molecule has 3 aromatic rings. The van der Waals surface area contributed by atoms with Crippen molar-refractivity contribution >= 4 is 58.5 Å². The van der Waals surface area contributed by atoms with Crippen molar-refractivity contribution in [3.8, 4) is 0 Å². The van der Waals surface area contributed by atoms with Crippen LogP contribution in [0.2, 0.25) is 10.0 Å². The molecule has 0 unspecified atom stereocenters. The zero-order valence-electron chi connectivity index (χ0n) is 22.6. The molecule has 0 aromatic heterocycles. The van der Waals surface area contributed by atoms with Crippen LogP contribution >= 0.6 is 23.2 Å². The molecular formula is C32H37BCl2. The first-order valence-electron chi connectivity index (χ1n) is 12.5. The number of rotatable bonds is 1. The van der Waals surface area contributed by atoms with Crippen molar-refractivity contribution in [2.75, 3.05) is 0 Å². The first kappa shape index (κ1) is 26.1. The van der Waals surface area contributed by atoms with Crippen molar-refractivity contribution in [2.24, 2.45) is 0 Å². The Morgan fingerprint density at radius 3 is 1.29 bits per heavy atom. The third kappa shape index (κ3) is 5.14. The third-order valence-corrected chi connectivity index (χ3v) is 7.58. The van der Waals surface area contributed by atoms with Crippen molar-refractivity contribution in [3.63, 3.8) is 0 Å². The molecular weight excluding hydrogens is 466 g/mol. The van der Waals surface area contributed by atoms with E-state index in [0.717, 1.165) is 21.2 Å². The summed E-state index contributed by atoms with van der Waals surface area (Å²) in [4.78, 5) is 0. The van der Waals surface area contributed by atoms with Gasteiger partial charge in [0.15, 0.2) is 0 Å². The van der Waals surface area contributed by atoms with Crippen LogP contribution in [0.3, 0.4) is 0 Å². The van der Waals surface area contributed by atoms with Crippen LogP contribution in [0, 0.1) is 0 Å². The van der Waals surface area contributed by atoms with E-state index < -0.39 is 0 Å². The van der Waals surface area contributed by atoms with Crippen molar-refractivity contribution in [1.82, 2.24) is 0 Å². The Labute approximate surface area is 222 Å². The zero-order chi connectivity index (χ0) is 25.9. The topological polar surface area (TPSA) is 0 Å². The number of fused-ring (bicyclic) bond motifs is 2. The summed E-state index contributed by atoms with van der Waals surface area (Å²) in [7, 11) is 0. The molecule has 3 aromatic carbocycles. The minimum absolute atomic E-state index is 0.0322. The van der Waals surface area contributed by atoms with Gasteiger partial charge in [-0.15, -0.1) is 0 Å². The Bertz CT molecular complexity index is 1220. The molecule has 0 nitrogen and oxygen atoms in total. The molecule has 0 aliphatic carbocycles. The summed E-state index contributed by atoms with van der Waals surface area (Å²) in [5.41, 5.74) is 10.5. The van der Waals surface area contributed by atoms with Gasteiger partial charge in [0.05, 0.1) is 0 Å². The molecule has 182 valence electrons. The summed E-state index contributed by atoms with van der Waals surface area (Å²) >= 11 is 13.0. The lowest BCUT2D eigenvalue weighted by atomic mass is 9.33. The molecule has 0 saturated heterocycles. The van der Waals surface area contributed by atoms with Crippen LogP contribution in [0.4, 0.5) is 0 Å². The zero-order valence-corrected chi connectivity index (χ0v) is 24.1. The van der Waals surface area contributed by atoms with Crippen LogP contribution in [0.25, 0.3) is 12.2 Å². The van der Waals surface area contributed by atoms with E-state index in [2.05, 4.69) is 111 Å². The molecule has 1 aliphatic rings. The molecule has 1 heterocycles. The van der Waals surface area contributed by atoms with Crippen molar-refractivity contribution < 1.29 is 0 Å². The Hall–Kier alpha value is -1.96. The van der Waals surface area contributed by atoms with E-state index in [4.69, 9.17) is 23.2 Å². The lowest BCUT2D eigenvalue weighted by Crippen LogP contribution is -2.58. The van der Waals surface area contributed by atoms with Crippen molar-refractivity contribution in [2.45, 2.75) is 78.6 Å². The van der Waals surface area contributed by atoms with Crippen molar-refractivity contribution in [1.29, 1.82) is 0 Å². The molecule has 0 bridgehead atoms. The highest BCUT2D eigenvalue weighted by Crippen LogP contribution is 2.34. The molecule has 0 atom stereocenters. The molecule has 0 saturated carbocycles. The monoisotopic (exact) mass is 502 g/mol. The first-order valence-corrected chi connectivity index (χ1v) is 13.3. The molecule has 3 heteroatoms. The Kier molecular flexibility index (Phi) is 6.61. The molecule has 0 fully saturated rings. The van der Waals surface area contributed by atoms with Gasteiger partial charge in [-0.1, -0.05) is 138 Å². The number of halogens is 2. The van der Waals surface area contributed by atoms with E-state index in [9.17, 15) is 0 Å². The fourth-order valence-corrected chi connectivity index (χ4v) is 5.56. The molecule has 0 amide bonds. The van der Waals surface area contributed by atoms with Gasteiger partial charge in [0.2, 0.25) is 6.71 Å². The van der Waals surface area contributed by atoms with Gasteiger partial charge in [-0.3, -0.25) is 0 Å². The maximum absolute atomic E-state index is 6.48. The average molecular weight is 503 g/mol. The molecule has 35 heavy (non-hydrogen) atoms. The number of hydrogen-bond donors (Lipinski definition) is 0. The molecule has 0 N–H and O–H groups in total. The standard InChI is InChI=1S/C32H37BCl2/c1-30(2,3)22-18-25(31(4,5)6)29(26(19-22)32(7,8)9)33-27-14-12-23(34)16-20(27)10-11-21-17-24(35)13-15-28(21)33/h10-19H,1-9H3. The highest BCUT2D eigenvalue weighted by atomic mass is 35.5. The van der Waals surface area contributed by atoms with Crippen LogP contribution in [-0.2, 0) is 16.2 Å². The lowest BCUT2D eigenvalue weighted by molar-refractivity contribution is 0.553. The molecule has 1 aliphatic heterocycles. The second-order valence-electron chi connectivity index (χ2n) is 13.0. The molecule has 0 radical (unpaired) electrons. The van der Waals surface area contributed by atoms with E-state index in [-0.39, 0.29) is 23.0 Å². The van der Waals surface area contributed by atoms with Crippen molar-refractivity contribution in [3.05, 3.63) is 86.4 Å². The van der Waals surface area contributed by atoms with Gasteiger partial charge in [-0.2, -0.15) is 0 Å². The van der Waals surface area contributed by atoms with Gasteiger partial charge >= 0.3 is 0 Å². The third-order valence-electron chi connectivity index (χ3n) is 7.11. The fourth-order valence-electron chi connectivity index (χ4n) is 5.20. The summed E-state index contributed by atoms with van der Waals surface area (Å²) in [5, 5.41) is 1.51. The van der Waals surface area contributed by atoms with Gasteiger partial charge in [0.25, 0.3) is 0 Å². The number of hydrogen-bond acceptors (Lipinski definition) is 0. The maximum Gasteiger partial charge on any atom is 0.243 e. The minimum atomic E-state index is -0.0322. The summed E-state index contributed by atoms with van der Waals surface area (Å²) in [6.45, 7) is 21.0. The Balaban J connectivity index is 2.20. The predicted octanol–water partition coefficient (Wildman–Crippen LogP) is 7.89. The van der Waals surface area contributed by atoms with E-state index in [0.29, 0.717) is 0 Å². The highest BCUT2D eigenvalue weighted by Gasteiger charge is 2.37. The second-order valence-corrected chi connectivity index (χ2v) is 13.9. The first-order chi connectivity index (χ1) is 16.1. The molecule has 0 spiro atoms. The van der Waals surface area contributed by atoms with Gasteiger partial charge in [-0.25, -0.2) is 0 Å². The Morgan fingerprint density at radius 1 is 0.543 bits per heavy atom. The van der Waals surface area contributed by atoms with E-state index in [1.807, 2.05) is 12.1 Å². The van der Waals surface area contributed by atoms with Crippen LogP contribution < -0.4 is 16.4 Å². The summed E-state index contributed by atoms with van der Waals surface area (Å²) < 4.78 is 0. The largest absolute Gasteiger partial charge is 0.243 e. The minimum Gasteiger partial charge on any atom is -0.0843 e. The lowest BCUT2D eigenvalue weighted by Gasteiger charge is -2.36. The fraction of sp³-hybridized carbons (Fsp3) is 0.375. The van der Waals surface area contributed by atoms with Gasteiger partial charge in [0.1, 0.15) is 0 Å². The second kappa shape index (κ2) is 8.86. The number of benzene rings is 3. The van der Waals surface area contributed by atoms with Gasteiger partial charge in [-0.05, 0) is 68.3 Å². The normalized spacial score (nSPS) is 14.0. The maximum atomic E-state index is 6.48. The quantitative estimate of drug-likeness (QED) is 0.232. The van der Waals surface area contributed by atoms with Gasteiger partial charge in [0, 0.05) is 10.0 Å². The highest BCUT2D eigenvalue weighted by molar-refractivity contribution is 6.97. The Morgan fingerprint density at radius 2 is 0.943 bits per heavy atom. The molecule has 4 rings (SSSR count).